The first-order valence-corrected chi connectivity index (χ1v) is 7.72. The molecule has 114 valence electrons. The normalized spacial score (nSPS) is 12.1. The van der Waals surface area contributed by atoms with Crippen molar-refractivity contribution >= 4 is 28.1 Å². The summed E-state index contributed by atoms with van der Waals surface area (Å²) in [5, 5.41) is 3.92. The fraction of sp³-hybridized carbons (Fsp3) is 0.176. The average molecular weight is 362 g/mol. The zero-order chi connectivity index (χ0) is 15.8. The van der Waals surface area contributed by atoms with Gasteiger partial charge in [-0.05, 0) is 24.6 Å². The SMILES string of the molecule is CC(Br)C(=O)Oc1ccccc1C=NOCc1ccccc1. The molecule has 2 aromatic carbocycles. The minimum absolute atomic E-state index is 0.356. The van der Waals surface area contributed by atoms with E-state index in [-0.39, 0.29) is 10.8 Å². The lowest BCUT2D eigenvalue weighted by Crippen LogP contribution is -2.17. The number of para-hydroxylation sites is 1. The standard InChI is InChI=1S/C17H16BrNO3/c1-13(18)17(20)22-16-10-6-5-9-15(16)11-19-21-12-14-7-3-2-4-8-14/h2-11,13H,12H2,1H3. The van der Waals surface area contributed by atoms with Crippen molar-refractivity contribution in [2.45, 2.75) is 18.4 Å². The van der Waals surface area contributed by atoms with Crippen molar-refractivity contribution in [2.24, 2.45) is 5.16 Å². The number of hydrogen-bond acceptors (Lipinski definition) is 4. The number of rotatable bonds is 6. The van der Waals surface area contributed by atoms with Crippen LogP contribution in [0.3, 0.4) is 0 Å². The third kappa shape index (κ3) is 5.00. The summed E-state index contributed by atoms with van der Waals surface area (Å²) in [5.74, 6) is 0.0944. The molecule has 0 aliphatic heterocycles. The van der Waals surface area contributed by atoms with Gasteiger partial charge in [-0.1, -0.05) is 63.6 Å². The number of hydrogen-bond donors (Lipinski definition) is 0. The van der Waals surface area contributed by atoms with E-state index >= 15 is 0 Å². The first-order valence-electron chi connectivity index (χ1n) is 6.81. The smallest absolute Gasteiger partial charge is 0.324 e. The number of nitrogens with zero attached hydrogens (tertiary/aromatic N) is 1. The van der Waals surface area contributed by atoms with Crippen molar-refractivity contribution in [2.75, 3.05) is 0 Å². The van der Waals surface area contributed by atoms with Gasteiger partial charge in [0.15, 0.2) is 0 Å². The number of carbonyl (C=O) groups is 1. The van der Waals surface area contributed by atoms with Gasteiger partial charge in [0.05, 0.1) is 6.21 Å². The molecule has 0 amide bonds. The largest absolute Gasteiger partial charge is 0.425 e. The van der Waals surface area contributed by atoms with E-state index < -0.39 is 0 Å². The Morgan fingerprint density at radius 2 is 1.86 bits per heavy atom. The Balaban J connectivity index is 1.97. The number of halogens is 1. The lowest BCUT2D eigenvalue weighted by atomic mass is 10.2. The van der Waals surface area contributed by atoms with Crippen molar-refractivity contribution in [3.05, 3.63) is 65.7 Å². The van der Waals surface area contributed by atoms with Crippen LogP contribution in [-0.2, 0) is 16.2 Å². The van der Waals surface area contributed by atoms with E-state index in [1.165, 1.54) is 6.21 Å². The number of benzene rings is 2. The van der Waals surface area contributed by atoms with E-state index in [0.29, 0.717) is 17.9 Å². The number of oxime groups is 1. The molecule has 0 heterocycles. The first-order chi connectivity index (χ1) is 10.7. The molecular formula is C17H16BrNO3. The van der Waals surface area contributed by atoms with Crippen LogP contribution < -0.4 is 4.74 Å². The minimum Gasteiger partial charge on any atom is -0.425 e. The number of carbonyl (C=O) groups excluding carboxylic acids is 1. The van der Waals surface area contributed by atoms with Crippen LogP contribution in [-0.4, -0.2) is 17.0 Å². The second-order valence-electron chi connectivity index (χ2n) is 4.57. The molecule has 0 spiro atoms. The molecule has 1 unspecified atom stereocenters. The van der Waals surface area contributed by atoms with Crippen molar-refractivity contribution in [1.29, 1.82) is 0 Å². The van der Waals surface area contributed by atoms with E-state index in [1.54, 1.807) is 25.1 Å². The van der Waals surface area contributed by atoms with Crippen LogP contribution >= 0.6 is 15.9 Å². The van der Waals surface area contributed by atoms with Gasteiger partial charge in [-0.2, -0.15) is 0 Å². The number of esters is 1. The summed E-state index contributed by atoms with van der Waals surface area (Å²) in [6.07, 6.45) is 1.53. The Morgan fingerprint density at radius 1 is 1.18 bits per heavy atom. The van der Waals surface area contributed by atoms with Gasteiger partial charge in [0.25, 0.3) is 0 Å². The van der Waals surface area contributed by atoms with Gasteiger partial charge in [-0.25, -0.2) is 0 Å². The molecule has 0 radical (unpaired) electrons. The van der Waals surface area contributed by atoms with Gasteiger partial charge in [0.2, 0.25) is 0 Å². The third-order valence-electron chi connectivity index (χ3n) is 2.79. The lowest BCUT2D eigenvalue weighted by Gasteiger charge is -2.08. The molecule has 0 saturated carbocycles. The Bertz CT molecular complexity index is 641. The quantitative estimate of drug-likeness (QED) is 0.257. The highest BCUT2D eigenvalue weighted by molar-refractivity contribution is 9.10. The Kier molecular flexibility index (Phi) is 6.15. The maximum atomic E-state index is 11.6. The summed E-state index contributed by atoms with van der Waals surface area (Å²) >= 11 is 3.18. The molecule has 4 nitrogen and oxygen atoms in total. The van der Waals surface area contributed by atoms with Crippen LogP contribution in [0.1, 0.15) is 18.1 Å². The van der Waals surface area contributed by atoms with Crippen LogP contribution in [0.5, 0.6) is 5.75 Å². The van der Waals surface area contributed by atoms with Crippen LogP contribution in [0.2, 0.25) is 0 Å². The molecule has 5 heteroatoms. The molecular weight excluding hydrogens is 346 g/mol. The topological polar surface area (TPSA) is 47.9 Å². The van der Waals surface area contributed by atoms with Crippen LogP contribution in [0.15, 0.2) is 59.8 Å². The third-order valence-corrected chi connectivity index (χ3v) is 3.17. The zero-order valence-electron chi connectivity index (χ0n) is 12.1. The molecule has 0 aliphatic carbocycles. The summed E-state index contributed by atoms with van der Waals surface area (Å²) < 4.78 is 5.29. The first kappa shape index (κ1) is 16.2. The van der Waals surface area contributed by atoms with Gasteiger partial charge < -0.3 is 9.57 Å². The molecule has 0 saturated heterocycles. The van der Waals surface area contributed by atoms with Crippen LogP contribution in [0.4, 0.5) is 0 Å². The highest BCUT2D eigenvalue weighted by atomic mass is 79.9. The molecule has 1 atom stereocenters. The summed E-state index contributed by atoms with van der Waals surface area (Å²) in [7, 11) is 0. The molecule has 0 fully saturated rings. The van der Waals surface area contributed by atoms with Gasteiger partial charge in [-0.15, -0.1) is 0 Å². The van der Waals surface area contributed by atoms with E-state index in [0.717, 1.165) is 5.56 Å². The van der Waals surface area contributed by atoms with E-state index in [4.69, 9.17) is 9.57 Å². The summed E-state index contributed by atoms with van der Waals surface area (Å²) in [5.41, 5.74) is 1.71. The van der Waals surface area contributed by atoms with Gasteiger partial charge >= 0.3 is 5.97 Å². The van der Waals surface area contributed by atoms with Crippen LogP contribution in [0, 0.1) is 0 Å². The van der Waals surface area contributed by atoms with Crippen molar-refractivity contribution in [3.8, 4) is 5.75 Å². The molecule has 0 N–H and O–H groups in total. The summed E-state index contributed by atoms with van der Waals surface area (Å²) in [6, 6.07) is 16.9. The fourth-order valence-corrected chi connectivity index (χ4v) is 1.74. The second-order valence-corrected chi connectivity index (χ2v) is 5.94. The summed E-state index contributed by atoms with van der Waals surface area (Å²) in [6.45, 7) is 2.10. The molecule has 2 aromatic rings. The monoisotopic (exact) mass is 361 g/mol. The van der Waals surface area contributed by atoms with Gasteiger partial charge in [0.1, 0.15) is 17.2 Å². The molecule has 22 heavy (non-hydrogen) atoms. The van der Waals surface area contributed by atoms with E-state index in [1.807, 2.05) is 36.4 Å². The molecule has 0 bridgehead atoms. The Hall–Kier alpha value is -2.14. The van der Waals surface area contributed by atoms with Gasteiger partial charge in [0, 0.05) is 5.56 Å². The maximum Gasteiger partial charge on any atom is 0.324 e. The van der Waals surface area contributed by atoms with E-state index in [2.05, 4.69) is 21.1 Å². The van der Waals surface area contributed by atoms with Gasteiger partial charge in [-0.3, -0.25) is 4.79 Å². The number of alkyl halides is 1. The Morgan fingerprint density at radius 3 is 2.59 bits per heavy atom. The molecule has 0 aromatic heterocycles. The van der Waals surface area contributed by atoms with Crippen molar-refractivity contribution < 1.29 is 14.4 Å². The highest BCUT2D eigenvalue weighted by Gasteiger charge is 2.13. The molecule has 0 aliphatic rings. The zero-order valence-corrected chi connectivity index (χ0v) is 13.7. The lowest BCUT2D eigenvalue weighted by molar-refractivity contribution is -0.133. The van der Waals surface area contributed by atoms with Crippen molar-refractivity contribution in [3.63, 3.8) is 0 Å². The molecule has 2 rings (SSSR count). The average Bonchev–Trinajstić information content (AvgIpc) is 2.54. The maximum absolute atomic E-state index is 11.6. The summed E-state index contributed by atoms with van der Waals surface area (Å²) in [4.78, 5) is 16.5. The number of ether oxygens (including phenoxy) is 1. The van der Waals surface area contributed by atoms with Crippen molar-refractivity contribution in [1.82, 2.24) is 0 Å². The highest BCUT2D eigenvalue weighted by Crippen LogP contribution is 2.17. The van der Waals surface area contributed by atoms with E-state index in [9.17, 15) is 4.79 Å². The minimum atomic E-state index is -0.369. The Labute approximate surface area is 137 Å². The predicted octanol–water partition coefficient (Wildman–Crippen LogP) is 3.93. The fourth-order valence-electron chi connectivity index (χ4n) is 1.65. The second kappa shape index (κ2) is 8.34. The van der Waals surface area contributed by atoms with Crippen LogP contribution in [0.25, 0.3) is 0 Å². The predicted molar refractivity (Wildman–Crippen MR) is 89.3 cm³/mol.